The first-order valence-corrected chi connectivity index (χ1v) is 6.50. The number of aliphatic hydroxyl groups excluding tert-OH is 1. The van der Waals surface area contributed by atoms with Crippen molar-refractivity contribution in [2.24, 2.45) is 0 Å². The molecular weight excluding hydrogens is 252 g/mol. The van der Waals surface area contributed by atoms with E-state index in [-0.39, 0.29) is 12.5 Å². The molecule has 0 bridgehead atoms. The molecule has 0 unspecified atom stereocenters. The molecule has 0 saturated heterocycles. The van der Waals surface area contributed by atoms with Crippen molar-refractivity contribution in [2.45, 2.75) is 13.0 Å². The van der Waals surface area contributed by atoms with E-state index in [1.165, 1.54) is 16.7 Å². The Hall–Kier alpha value is -2.46. The topological polar surface area (TPSA) is 62.2 Å². The largest absolute Gasteiger partial charge is 0.392 e. The number of carbonyl (C=O) groups is 1. The highest BCUT2D eigenvalue weighted by Crippen LogP contribution is 2.51. The number of anilines is 1. The molecule has 1 aromatic heterocycles. The van der Waals surface area contributed by atoms with Crippen LogP contribution in [0.3, 0.4) is 0 Å². The minimum Gasteiger partial charge on any atom is -0.392 e. The van der Waals surface area contributed by atoms with Gasteiger partial charge in [0.2, 0.25) is 0 Å². The van der Waals surface area contributed by atoms with Crippen molar-refractivity contribution in [1.29, 1.82) is 0 Å². The van der Waals surface area contributed by atoms with E-state index in [1.807, 2.05) is 12.2 Å². The maximum atomic E-state index is 12.3. The maximum absolute atomic E-state index is 12.3. The molecule has 1 saturated carbocycles. The number of aromatic nitrogens is 1. The normalized spacial score (nSPS) is 18.1. The number of hydrogen-bond acceptors (Lipinski definition) is 3. The van der Waals surface area contributed by atoms with Crippen LogP contribution in [0.15, 0.2) is 64.4 Å². The number of carbonyl (C=O) groups excluding carboxylic acids is 1. The molecule has 3 aliphatic carbocycles. The number of fused-ring (bicyclic) bond motifs is 2. The van der Waals surface area contributed by atoms with Gasteiger partial charge in [-0.05, 0) is 58.6 Å². The van der Waals surface area contributed by atoms with Crippen LogP contribution in [-0.4, -0.2) is 16.0 Å². The highest BCUT2D eigenvalue weighted by atomic mass is 16.3. The van der Waals surface area contributed by atoms with Crippen molar-refractivity contribution in [2.75, 3.05) is 5.32 Å². The molecule has 98 valence electrons. The van der Waals surface area contributed by atoms with Crippen LogP contribution in [0.25, 0.3) is 0 Å². The van der Waals surface area contributed by atoms with Gasteiger partial charge in [0.15, 0.2) is 0 Å². The summed E-state index contributed by atoms with van der Waals surface area (Å²) in [4.78, 5) is 16.4. The number of nitrogens with one attached hydrogen (secondary N) is 1. The van der Waals surface area contributed by atoms with Gasteiger partial charge in [0.05, 0.1) is 6.61 Å². The number of aliphatic hydroxyl groups is 1. The Balaban J connectivity index is 1.60. The summed E-state index contributed by atoms with van der Waals surface area (Å²) in [6.07, 6.45) is 8.60. The van der Waals surface area contributed by atoms with E-state index in [4.69, 9.17) is 5.11 Å². The van der Waals surface area contributed by atoms with Crippen LogP contribution < -0.4 is 5.32 Å². The van der Waals surface area contributed by atoms with Crippen LogP contribution in [0.1, 0.15) is 12.0 Å². The van der Waals surface area contributed by atoms with Crippen molar-refractivity contribution in [3.63, 3.8) is 0 Å². The Morgan fingerprint density at radius 3 is 3.10 bits per heavy atom. The summed E-state index contributed by atoms with van der Waals surface area (Å²) in [7, 11) is 0. The predicted octanol–water partition coefficient (Wildman–Crippen LogP) is 2.02. The zero-order chi connectivity index (χ0) is 13.7. The van der Waals surface area contributed by atoms with Crippen LogP contribution >= 0.6 is 0 Å². The van der Waals surface area contributed by atoms with Crippen LogP contribution in [0.2, 0.25) is 0 Å². The SMILES string of the molecule is O=C(Nc1cc(CO)ccn1)C1=C2C=C3CC3=C2C=C1. The summed E-state index contributed by atoms with van der Waals surface area (Å²) in [5, 5.41) is 11.9. The Morgan fingerprint density at radius 1 is 1.35 bits per heavy atom. The van der Waals surface area contributed by atoms with Gasteiger partial charge in [0.25, 0.3) is 5.91 Å². The average molecular weight is 264 g/mol. The minimum absolute atomic E-state index is 0.0679. The molecule has 0 aliphatic heterocycles. The first-order valence-electron chi connectivity index (χ1n) is 6.50. The van der Waals surface area contributed by atoms with E-state index in [0.29, 0.717) is 11.4 Å². The lowest BCUT2D eigenvalue weighted by Gasteiger charge is -2.06. The van der Waals surface area contributed by atoms with E-state index in [0.717, 1.165) is 17.6 Å². The van der Waals surface area contributed by atoms with Gasteiger partial charge >= 0.3 is 0 Å². The van der Waals surface area contributed by atoms with E-state index in [1.54, 1.807) is 18.3 Å². The summed E-state index contributed by atoms with van der Waals surface area (Å²) in [6, 6.07) is 3.39. The second-order valence-electron chi connectivity index (χ2n) is 5.06. The summed E-state index contributed by atoms with van der Waals surface area (Å²) < 4.78 is 0. The lowest BCUT2D eigenvalue weighted by molar-refractivity contribution is -0.112. The molecule has 0 atom stereocenters. The third-order valence-corrected chi connectivity index (χ3v) is 3.76. The predicted molar refractivity (Wildman–Crippen MR) is 74.7 cm³/mol. The van der Waals surface area contributed by atoms with Gasteiger partial charge in [0, 0.05) is 11.8 Å². The summed E-state index contributed by atoms with van der Waals surface area (Å²) >= 11 is 0. The number of rotatable bonds is 3. The Labute approximate surface area is 115 Å². The van der Waals surface area contributed by atoms with Crippen molar-refractivity contribution in [3.05, 3.63) is 70.0 Å². The summed E-state index contributed by atoms with van der Waals surface area (Å²) in [5.74, 6) is 0.299. The number of allylic oxidation sites excluding steroid dienone is 6. The molecule has 1 amide bonds. The Bertz CT molecular complexity index is 766. The van der Waals surface area contributed by atoms with Gasteiger partial charge in [-0.25, -0.2) is 4.98 Å². The van der Waals surface area contributed by atoms with Crippen molar-refractivity contribution < 1.29 is 9.90 Å². The van der Waals surface area contributed by atoms with Crippen molar-refractivity contribution in [3.8, 4) is 0 Å². The molecule has 4 nitrogen and oxygen atoms in total. The quantitative estimate of drug-likeness (QED) is 0.878. The van der Waals surface area contributed by atoms with Crippen molar-refractivity contribution >= 4 is 11.7 Å². The standard InChI is InChI=1S/C16H12N2O2/c19-8-9-3-4-17-15(5-9)18-16(20)12-2-1-11-13-6-10(13)7-14(11)12/h1-5,7,19H,6,8H2,(H,17,18,20). The lowest BCUT2D eigenvalue weighted by atomic mass is 10.1. The molecule has 4 heteroatoms. The van der Waals surface area contributed by atoms with Crippen LogP contribution in [-0.2, 0) is 11.4 Å². The van der Waals surface area contributed by atoms with Gasteiger partial charge < -0.3 is 10.4 Å². The number of nitrogens with zero attached hydrogens (tertiary/aromatic N) is 1. The molecular formula is C16H12N2O2. The van der Waals surface area contributed by atoms with E-state index in [2.05, 4.69) is 16.4 Å². The molecule has 3 aliphatic rings. The monoisotopic (exact) mass is 264 g/mol. The summed E-state index contributed by atoms with van der Waals surface area (Å²) in [5.41, 5.74) is 6.36. The minimum atomic E-state index is -0.160. The fourth-order valence-corrected chi connectivity index (χ4v) is 2.66. The molecule has 0 spiro atoms. The highest BCUT2D eigenvalue weighted by Gasteiger charge is 2.35. The maximum Gasteiger partial charge on any atom is 0.257 e. The molecule has 0 aromatic carbocycles. The smallest absolute Gasteiger partial charge is 0.257 e. The third-order valence-electron chi connectivity index (χ3n) is 3.76. The van der Waals surface area contributed by atoms with Gasteiger partial charge in [-0.3, -0.25) is 4.79 Å². The molecule has 2 N–H and O–H groups in total. The Kier molecular flexibility index (Phi) is 2.28. The fourth-order valence-electron chi connectivity index (χ4n) is 2.66. The van der Waals surface area contributed by atoms with Gasteiger partial charge in [-0.1, -0.05) is 6.08 Å². The fraction of sp³-hybridized carbons (Fsp3) is 0.125. The van der Waals surface area contributed by atoms with Gasteiger partial charge in [0.1, 0.15) is 5.82 Å². The van der Waals surface area contributed by atoms with Gasteiger partial charge in [-0.15, -0.1) is 0 Å². The molecule has 1 aromatic rings. The van der Waals surface area contributed by atoms with Crippen molar-refractivity contribution in [1.82, 2.24) is 4.98 Å². The second-order valence-corrected chi connectivity index (χ2v) is 5.06. The second kappa shape index (κ2) is 4.02. The zero-order valence-electron chi connectivity index (χ0n) is 10.7. The molecule has 4 rings (SSSR count). The number of hydrogen-bond donors (Lipinski definition) is 2. The first-order chi connectivity index (χ1) is 9.76. The zero-order valence-corrected chi connectivity index (χ0v) is 10.7. The van der Waals surface area contributed by atoms with E-state index >= 15 is 0 Å². The molecule has 1 fully saturated rings. The lowest BCUT2D eigenvalue weighted by Crippen LogP contribution is -2.15. The first kappa shape index (κ1) is 11.4. The molecule has 20 heavy (non-hydrogen) atoms. The summed E-state index contributed by atoms with van der Waals surface area (Å²) in [6.45, 7) is -0.0679. The average Bonchev–Trinajstić information content (AvgIpc) is 2.94. The van der Waals surface area contributed by atoms with E-state index < -0.39 is 0 Å². The van der Waals surface area contributed by atoms with Gasteiger partial charge in [-0.2, -0.15) is 0 Å². The molecule has 0 radical (unpaired) electrons. The molecule has 1 heterocycles. The Morgan fingerprint density at radius 2 is 2.25 bits per heavy atom. The van der Waals surface area contributed by atoms with Crippen LogP contribution in [0, 0.1) is 0 Å². The number of amides is 1. The highest BCUT2D eigenvalue weighted by molar-refractivity contribution is 6.08. The van der Waals surface area contributed by atoms with Crippen LogP contribution in [0.5, 0.6) is 0 Å². The van der Waals surface area contributed by atoms with Crippen LogP contribution in [0.4, 0.5) is 5.82 Å². The van der Waals surface area contributed by atoms with E-state index in [9.17, 15) is 4.79 Å². The third kappa shape index (κ3) is 1.66. The number of pyridine rings is 1.